The first-order valence-electron chi connectivity index (χ1n) is 1.22. The van der Waals surface area contributed by atoms with Crippen molar-refractivity contribution < 1.29 is 9.90 Å². The molecule has 0 unspecified atom stereocenters. The average Bonchev–Trinajstić information content (AvgIpc) is 1.36. The van der Waals surface area contributed by atoms with Crippen LogP contribution in [-0.4, -0.2) is 40.6 Å². The van der Waals surface area contributed by atoms with Gasteiger partial charge in [0.1, 0.15) is 5.03 Å². The van der Waals surface area contributed by atoms with Gasteiger partial charge in [0, 0.05) is 0 Å². The Morgan fingerprint density at radius 2 is 1.86 bits per heavy atom. The van der Waals surface area contributed by atoms with Gasteiger partial charge in [-0.25, -0.2) is 4.79 Å². The van der Waals surface area contributed by atoms with Gasteiger partial charge in [0.2, 0.25) is 0 Å². The van der Waals surface area contributed by atoms with Gasteiger partial charge >= 0.3 is 35.5 Å². The van der Waals surface area contributed by atoms with Crippen LogP contribution in [0.5, 0.6) is 0 Å². The number of aliphatic carboxylic acids is 1. The van der Waals surface area contributed by atoms with E-state index in [-0.39, 0.29) is 34.6 Å². The summed E-state index contributed by atoms with van der Waals surface area (Å²) in [6.07, 6.45) is 0. The summed E-state index contributed by atoms with van der Waals surface area (Å²) in [4.78, 5) is 9.47. The topological polar surface area (TPSA) is 37.3 Å². The molecule has 2 nitrogen and oxygen atoms in total. The van der Waals surface area contributed by atoms with E-state index in [1.54, 1.807) is 0 Å². The standard InChI is InChI=1S/C3H3ClO2.Na.H/c1-2(4)3(5)6;;/h1H2,(H,5,6);;. The van der Waals surface area contributed by atoms with Crippen LogP contribution in [0.25, 0.3) is 0 Å². The molecule has 0 aromatic rings. The Bertz CT molecular complexity index is 78.9. The van der Waals surface area contributed by atoms with Crippen molar-refractivity contribution >= 4 is 47.1 Å². The van der Waals surface area contributed by atoms with E-state index in [4.69, 9.17) is 16.7 Å². The van der Waals surface area contributed by atoms with Crippen LogP contribution in [0, 0.1) is 0 Å². The van der Waals surface area contributed by atoms with E-state index in [0.717, 1.165) is 0 Å². The second-order valence-corrected chi connectivity index (χ2v) is 1.17. The Morgan fingerprint density at radius 1 is 1.71 bits per heavy atom. The van der Waals surface area contributed by atoms with Gasteiger partial charge in [0.15, 0.2) is 0 Å². The molecule has 0 rings (SSSR count). The summed E-state index contributed by atoms with van der Waals surface area (Å²) in [7, 11) is 0. The first-order valence-corrected chi connectivity index (χ1v) is 1.60. The zero-order valence-electron chi connectivity index (χ0n) is 2.94. The Balaban J connectivity index is 0. The molecule has 0 saturated carbocycles. The molecule has 7 heavy (non-hydrogen) atoms. The van der Waals surface area contributed by atoms with E-state index in [9.17, 15) is 4.79 Å². The van der Waals surface area contributed by atoms with E-state index in [0.29, 0.717) is 0 Å². The number of carbonyl (C=O) groups is 1. The minimum absolute atomic E-state index is 0. The third kappa shape index (κ3) is 6.50. The van der Waals surface area contributed by atoms with Crippen molar-refractivity contribution in [1.82, 2.24) is 0 Å². The molecule has 0 aliphatic carbocycles. The molecular weight excluding hydrogens is 126 g/mol. The molecule has 1 N–H and O–H groups in total. The molecule has 0 aliphatic heterocycles. The zero-order chi connectivity index (χ0) is 5.15. The van der Waals surface area contributed by atoms with Gasteiger partial charge in [-0.3, -0.25) is 0 Å². The van der Waals surface area contributed by atoms with Crippen molar-refractivity contribution in [3.05, 3.63) is 11.6 Å². The van der Waals surface area contributed by atoms with Gasteiger partial charge in [-0.15, -0.1) is 0 Å². The van der Waals surface area contributed by atoms with Crippen molar-refractivity contribution in [2.24, 2.45) is 0 Å². The normalized spacial score (nSPS) is 6.43. The van der Waals surface area contributed by atoms with Crippen LogP contribution in [0.4, 0.5) is 0 Å². The third-order valence-electron chi connectivity index (χ3n) is 0.232. The van der Waals surface area contributed by atoms with Crippen molar-refractivity contribution in [3.8, 4) is 0 Å². The second-order valence-electron chi connectivity index (χ2n) is 0.710. The van der Waals surface area contributed by atoms with E-state index < -0.39 is 5.97 Å². The first-order chi connectivity index (χ1) is 2.64. The maximum absolute atomic E-state index is 9.47. The fourth-order valence-electron chi connectivity index (χ4n) is 0. The van der Waals surface area contributed by atoms with Crippen LogP contribution < -0.4 is 0 Å². The second kappa shape index (κ2) is 4.65. The summed E-state index contributed by atoms with van der Waals surface area (Å²) in [6, 6.07) is 0. The zero-order valence-corrected chi connectivity index (χ0v) is 3.70. The van der Waals surface area contributed by atoms with E-state index in [2.05, 4.69) is 6.58 Å². The van der Waals surface area contributed by atoms with Crippen LogP contribution >= 0.6 is 11.6 Å². The van der Waals surface area contributed by atoms with E-state index in [1.165, 1.54) is 0 Å². The van der Waals surface area contributed by atoms with Crippen LogP contribution in [-0.2, 0) is 4.79 Å². The van der Waals surface area contributed by atoms with E-state index in [1.807, 2.05) is 0 Å². The Kier molecular flexibility index (Phi) is 6.96. The fraction of sp³-hybridized carbons (Fsp3) is 0. The molecule has 0 saturated heterocycles. The summed E-state index contributed by atoms with van der Waals surface area (Å²) in [5.74, 6) is -1.17. The van der Waals surface area contributed by atoms with Crippen LogP contribution in [0.3, 0.4) is 0 Å². The molecule has 36 valence electrons. The van der Waals surface area contributed by atoms with Gasteiger partial charge in [0.25, 0.3) is 0 Å². The van der Waals surface area contributed by atoms with E-state index >= 15 is 0 Å². The number of halogens is 1. The summed E-state index contributed by atoms with van der Waals surface area (Å²) in [5, 5.41) is 7.41. The summed E-state index contributed by atoms with van der Waals surface area (Å²) in [5.41, 5.74) is 0. The van der Waals surface area contributed by atoms with Gasteiger partial charge in [-0.1, -0.05) is 18.2 Å². The predicted octanol–water partition coefficient (Wildman–Crippen LogP) is 0.175. The molecule has 0 radical (unpaired) electrons. The molecule has 0 amide bonds. The summed E-state index contributed by atoms with van der Waals surface area (Å²) in [6.45, 7) is 2.92. The van der Waals surface area contributed by atoms with Crippen LogP contribution in [0.2, 0.25) is 0 Å². The molecule has 0 atom stereocenters. The monoisotopic (exact) mass is 130 g/mol. The molecule has 0 bridgehead atoms. The van der Waals surface area contributed by atoms with Gasteiger partial charge in [-0.2, -0.15) is 0 Å². The minimum atomic E-state index is -1.17. The molecule has 0 fully saturated rings. The molecule has 0 heterocycles. The van der Waals surface area contributed by atoms with Gasteiger partial charge < -0.3 is 5.11 Å². The number of hydrogen-bond donors (Lipinski definition) is 1. The number of rotatable bonds is 1. The van der Waals surface area contributed by atoms with Crippen molar-refractivity contribution in [1.29, 1.82) is 0 Å². The van der Waals surface area contributed by atoms with Crippen LogP contribution in [0.15, 0.2) is 11.6 Å². The van der Waals surface area contributed by atoms with Crippen LogP contribution in [0.1, 0.15) is 0 Å². The van der Waals surface area contributed by atoms with Gasteiger partial charge in [-0.05, 0) is 0 Å². The number of carboxylic acids is 1. The molecule has 0 aromatic carbocycles. The first kappa shape index (κ1) is 10.5. The SMILES string of the molecule is C=C(Cl)C(=O)O.[NaH]. The third-order valence-corrected chi connectivity index (χ3v) is 0.394. The summed E-state index contributed by atoms with van der Waals surface area (Å²) >= 11 is 4.82. The Morgan fingerprint density at radius 3 is 1.86 bits per heavy atom. The predicted molar refractivity (Wildman–Crippen MR) is 29.8 cm³/mol. The molecule has 0 spiro atoms. The van der Waals surface area contributed by atoms with Gasteiger partial charge in [0.05, 0.1) is 0 Å². The molecule has 0 aliphatic rings. The fourth-order valence-corrected chi connectivity index (χ4v) is 0. The van der Waals surface area contributed by atoms with Crippen molar-refractivity contribution in [2.45, 2.75) is 0 Å². The Labute approximate surface area is 68.5 Å². The average molecular weight is 131 g/mol. The van der Waals surface area contributed by atoms with Crippen molar-refractivity contribution in [3.63, 3.8) is 0 Å². The summed E-state index contributed by atoms with van der Waals surface area (Å²) < 4.78 is 0. The molecule has 0 aromatic heterocycles. The number of hydrogen-bond acceptors (Lipinski definition) is 1. The van der Waals surface area contributed by atoms with Crippen molar-refractivity contribution in [2.75, 3.05) is 0 Å². The number of carboxylic acid groups (broad SMARTS) is 1. The Hall–Kier alpha value is 0.500. The maximum atomic E-state index is 9.47. The quantitative estimate of drug-likeness (QED) is 0.406. The molecule has 4 heteroatoms. The molecular formula is C3H4ClNaO2.